The summed E-state index contributed by atoms with van der Waals surface area (Å²) in [6.45, 7) is 0.928. The highest BCUT2D eigenvalue weighted by molar-refractivity contribution is 6.30. The van der Waals surface area contributed by atoms with Crippen LogP contribution < -0.4 is 0 Å². The van der Waals surface area contributed by atoms with Crippen LogP contribution in [0.3, 0.4) is 0 Å². The number of benzene rings is 1. The van der Waals surface area contributed by atoms with Crippen molar-refractivity contribution in [2.75, 3.05) is 13.2 Å². The van der Waals surface area contributed by atoms with Crippen LogP contribution in [0.4, 0.5) is 0 Å². The SMILES string of the molecule is O=C1[C@H]2CC=C(Cl)C[C@H]2C(=O)N1C[C@@H]1OCCc2ccccc21. The number of fused-ring (bicyclic) bond motifs is 2. The lowest BCUT2D eigenvalue weighted by molar-refractivity contribution is -0.142. The Labute approximate surface area is 140 Å². The Morgan fingerprint density at radius 1 is 1.17 bits per heavy atom. The highest BCUT2D eigenvalue weighted by Gasteiger charge is 2.49. The number of carbonyl (C=O) groups is 2. The molecule has 23 heavy (non-hydrogen) atoms. The van der Waals surface area contributed by atoms with Crippen molar-refractivity contribution < 1.29 is 14.3 Å². The summed E-state index contributed by atoms with van der Waals surface area (Å²) < 4.78 is 5.85. The number of hydrogen-bond acceptors (Lipinski definition) is 3. The highest BCUT2D eigenvalue weighted by Crippen LogP contribution is 2.40. The molecule has 3 atom stereocenters. The molecule has 1 saturated heterocycles. The molecule has 2 amide bonds. The number of hydrogen-bond donors (Lipinski definition) is 0. The van der Waals surface area contributed by atoms with Crippen LogP contribution >= 0.6 is 11.6 Å². The Bertz CT molecular complexity index is 699. The van der Waals surface area contributed by atoms with E-state index in [1.165, 1.54) is 10.5 Å². The number of carbonyl (C=O) groups excluding carboxylic acids is 2. The fourth-order valence-electron chi connectivity index (χ4n) is 3.87. The van der Waals surface area contributed by atoms with Gasteiger partial charge in [0.25, 0.3) is 0 Å². The van der Waals surface area contributed by atoms with E-state index >= 15 is 0 Å². The Hall–Kier alpha value is -1.65. The first-order valence-electron chi connectivity index (χ1n) is 8.04. The summed E-state index contributed by atoms with van der Waals surface area (Å²) in [5.41, 5.74) is 2.33. The van der Waals surface area contributed by atoms with Gasteiger partial charge in [0.2, 0.25) is 11.8 Å². The van der Waals surface area contributed by atoms with Crippen molar-refractivity contribution in [1.82, 2.24) is 4.90 Å². The molecular weight excluding hydrogens is 314 g/mol. The summed E-state index contributed by atoms with van der Waals surface area (Å²) in [4.78, 5) is 26.7. The van der Waals surface area contributed by atoms with Crippen LogP contribution in [0.15, 0.2) is 35.4 Å². The summed E-state index contributed by atoms with van der Waals surface area (Å²) in [5.74, 6) is -0.715. The van der Waals surface area contributed by atoms with Crippen LogP contribution in [0, 0.1) is 11.8 Å². The minimum Gasteiger partial charge on any atom is -0.371 e. The third-order valence-corrected chi connectivity index (χ3v) is 5.41. The van der Waals surface area contributed by atoms with Gasteiger partial charge < -0.3 is 4.74 Å². The van der Waals surface area contributed by atoms with Gasteiger partial charge in [0, 0.05) is 5.03 Å². The molecule has 0 unspecified atom stereocenters. The molecule has 4 rings (SSSR count). The minimum absolute atomic E-state index is 0.0768. The van der Waals surface area contributed by atoms with Crippen molar-refractivity contribution in [3.63, 3.8) is 0 Å². The van der Waals surface area contributed by atoms with E-state index in [0.717, 1.165) is 12.0 Å². The molecule has 0 bridgehead atoms. The van der Waals surface area contributed by atoms with Gasteiger partial charge in [-0.1, -0.05) is 41.9 Å². The van der Waals surface area contributed by atoms with E-state index in [2.05, 4.69) is 6.07 Å². The first kappa shape index (κ1) is 14.9. The second-order valence-corrected chi connectivity index (χ2v) is 6.88. The molecule has 1 fully saturated rings. The molecule has 4 nitrogen and oxygen atoms in total. The Kier molecular flexibility index (Phi) is 3.74. The van der Waals surface area contributed by atoms with Gasteiger partial charge in [0.15, 0.2) is 0 Å². The first-order chi connectivity index (χ1) is 11.1. The second kappa shape index (κ2) is 5.77. The van der Waals surface area contributed by atoms with Gasteiger partial charge in [0.05, 0.1) is 25.0 Å². The standard InChI is InChI=1S/C18H18ClNO3/c19-12-5-6-14-15(9-12)18(22)20(17(14)21)10-16-13-4-2-1-3-11(13)7-8-23-16/h1-5,14-16H,6-10H2/t14-,15+,16-/m0/s1. The first-order valence-corrected chi connectivity index (χ1v) is 8.42. The molecule has 0 aromatic heterocycles. The lowest BCUT2D eigenvalue weighted by Crippen LogP contribution is -2.37. The third kappa shape index (κ3) is 2.50. The minimum atomic E-state index is -0.293. The smallest absolute Gasteiger partial charge is 0.233 e. The molecule has 1 aromatic rings. The molecule has 120 valence electrons. The monoisotopic (exact) mass is 331 g/mol. The summed E-state index contributed by atoms with van der Waals surface area (Å²) in [5, 5.41) is 0.688. The van der Waals surface area contributed by atoms with Crippen LogP contribution in [0.1, 0.15) is 30.1 Å². The van der Waals surface area contributed by atoms with Crippen molar-refractivity contribution in [3.05, 3.63) is 46.5 Å². The molecule has 1 aromatic carbocycles. The van der Waals surface area contributed by atoms with Gasteiger partial charge in [0.1, 0.15) is 6.10 Å². The molecular formula is C18H18ClNO3. The number of halogens is 1. The zero-order valence-corrected chi connectivity index (χ0v) is 13.5. The number of ether oxygens (including phenoxy) is 1. The van der Waals surface area contributed by atoms with Crippen molar-refractivity contribution in [3.8, 4) is 0 Å². The molecule has 2 aliphatic heterocycles. The number of imide groups is 1. The van der Waals surface area contributed by atoms with Gasteiger partial charge >= 0.3 is 0 Å². The summed E-state index contributed by atoms with van der Waals surface area (Å²) in [6.07, 6.45) is 3.56. The van der Waals surface area contributed by atoms with E-state index in [-0.39, 0.29) is 29.8 Å². The van der Waals surface area contributed by atoms with Crippen LogP contribution in [0.25, 0.3) is 0 Å². The molecule has 0 radical (unpaired) electrons. The van der Waals surface area contributed by atoms with Crippen molar-refractivity contribution in [2.45, 2.75) is 25.4 Å². The number of amides is 2. The fourth-order valence-corrected chi connectivity index (χ4v) is 4.13. The van der Waals surface area contributed by atoms with Gasteiger partial charge in [-0.05, 0) is 30.4 Å². The molecule has 5 heteroatoms. The maximum Gasteiger partial charge on any atom is 0.233 e. The van der Waals surface area contributed by atoms with Crippen molar-refractivity contribution >= 4 is 23.4 Å². The average Bonchev–Trinajstić information content (AvgIpc) is 2.80. The number of nitrogens with zero attached hydrogens (tertiary/aromatic N) is 1. The lowest BCUT2D eigenvalue weighted by Gasteiger charge is -2.29. The predicted molar refractivity (Wildman–Crippen MR) is 85.7 cm³/mol. The summed E-state index contributed by atoms with van der Waals surface area (Å²) >= 11 is 6.06. The Morgan fingerprint density at radius 2 is 1.96 bits per heavy atom. The van der Waals surface area contributed by atoms with Gasteiger partial charge in [-0.3, -0.25) is 14.5 Å². The van der Waals surface area contributed by atoms with Gasteiger partial charge in [-0.25, -0.2) is 0 Å². The maximum absolute atomic E-state index is 12.6. The Balaban J connectivity index is 1.57. The van der Waals surface area contributed by atoms with Crippen LogP contribution in [-0.2, 0) is 20.7 Å². The predicted octanol–water partition coefficient (Wildman–Crippen LogP) is 2.82. The normalized spacial score (nSPS) is 30.0. The summed E-state index contributed by atoms with van der Waals surface area (Å²) in [7, 11) is 0. The molecule has 2 heterocycles. The van der Waals surface area contributed by atoms with Crippen LogP contribution in [0.2, 0.25) is 0 Å². The number of allylic oxidation sites excluding steroid dienone is 2. The molecule has 1 aliphatic carbocycles. The van der Waals surface area contributed by atoms with E-state index in [1.807, 2.05) is 24.3 Å². The van der Waals surface area contributed by atoms with E-state index in [0.29, 0.717) is 31.0 Å². The van der Waals surface area contributed by atoms with Gasteiger partial charge in [-0.2, -0.15) is 0 Å². The molecule has 3 aliphatic rings. The zero-order valence-electron chi connectivity index (χ0n) is 12.7. The van der Waals surface area contributed by atoms with Crippen LogP contribution in [0.5, 0.6) is 0 Å². The maximum atomic E-state index is 12.6. The molecule has 0 N–H and O–H groups in total. The highest BCUT2D eigenvalue weighted by atomic mass is 35.5. The lowest BCUT2D eigenvalue weighted by atomic mass is 9.85. The van der Waals surface area contributed by atoms with Crippen molar-refractivity contribution in [2.24, 2.45) is 11.8 Å². The van der Waals surface area contributed by atoms with E-state index in [1.54, 1.807) is 0 Å². The van der Waals surface area contributed by atoms with Gasteiger partial charge in [-0.15, -0.1) is 0 Å². The van der Waals surface area contributed by atoms with E-state index in [9.17, 15) is 9.59 Å². The van der Waals surface area contributed by atoms with Crippen molar-refractivity contribution in [1.29, 1.82) is 0 Å². The quantitative estimate of drug-likeness (QED) is 0.783. The molecule has 0 saturated carbocycles. The zero-order chi connectivity index (χ0) is 16.0. The second-order valence-electron chi connectivity index (χ2n) is 6.40. The number of rotatable bonds is 2. The number of likely N-dealkylation sites (tertiary alicyclic amines) is 1. The van der Waals surface area contributed by atoms with E-state index in [4.69, 9.17) is 16.3 Å². The molecule has 0 spiro atoms. The van der Waals surface area contributed by atoms with Crippen LogP contribution in [-0.4, -0.2) is 29.9 Å². The average molecular weight is 332 g/mol. The van der Waals surface area contributed by atoms with E-state index < -0.39 is 0 Å². The fraction of sp³-hybridized carbons (Fsp3) is 0.444. The summed E-state index contributed by atoms with van der Waals surface area (Å²) in [6, 6.07) is 8.09. The largest absolute Gasteiger partial charge is 0.371 e. The Morgan fingerprint density at radius 3 is 2.83 bits per heavy atom. The topological polar surface area (TPSA) is 46.6 Å². The third-order valence-electron chi connectivity index (χ3n) is 5.10.